The predicted octanol–water partition coefficient (Wildman–Crippen LogP) is -1.03. The minimum absolute atomic E-state index is 0.289. The van der Waals surface area contributed by atoms with Gasteiger partial charge >= 0.3 is 7.41 Å². The third kappa shape index (κ3) is 1.34. The second kappa shape index (κ2) is 3.03. The van der Waals surface area contributed by atoms with Crippen LogP contribution < -0.4 is 16.7 Å². The summed E-state index contributed by atoms with van der Waals surface area (Å²) < 4.78 is 0. The van der Waals surface area contributed by atoms with Gasteiger partial charge in [0.1, 0.15) is 0 Å². The Morgan fingerprint density at radius 2 is 2.38 bits per heavy atom. The van der Waals surface area contributed by atoms with Crippen molar-refractivity contribution in [3.8, 4) is 0 Å². The number of hydrogen-bond donors (Lipinski definition) is 2. The van der Waals surface area contributed by atoms with Crippen LogP contribution in [-0.4, -0.2) is 19.5 Å². The zero-order chi connectivity index (χ0) is 9.26. The maximum atomic E-state index is 11.1. The molecule has 2 rings (SSSR count). The molecule has 0 saturated heterocycles. The van der Waals surface area contributed by atoms with Crippen LogP contribution >= 0.6 is 0 Å². The number of nitrogen functional groups attached to an aromatic ring is 1. The van der Waals surface area contributed by atoms with Crippen molar-refractivity contribution in [1.82, 2.24) is 5.43 Å². The van der Waals surface area contributed by atoms with Crippen molar-refractivity contribution in [2.75, 3.05) is 0 Å². The summed E-state index contributed by atoms with van der Waals surface area (Å²) in [7, 11) is 1.71. The molecule has 0 aromatic heterocycles. The molecule has 63 valence electrons. The smallest absolute Gasteiger partial charge is 0.312 e. The molecule has 1 aromatic carbocycles. The van der Waals surface area contributed by atoms with Gasteiger partial charge in [0, 0.05) is 11.8 Å². The van der Waals surface area contributed by atoms with E-state index in [1.165, 1.54) is 0 Å². The van der Waals surface area contributed by atoms with Crippen LogP contribution in [0.15, 0.2) is 23.1 Å². The molecule has 3 N–H and O–H groups in total. The van der Waals surface area contributed by atoms with Gasteiger partial charge in [0.2, 0.25) is 0 Å². The molecular formula is C8H7BN3O. The topological polar surface area (TPSA) is 67.5 Å². The first-order chi connectivity index (χ1) is 6.31. The van der Waals surface area contributed by atoms with Gasteiger partial charge in [-0.1, -0.05) is 12.1 Å². The van der Waals surface area contributed by atoms with E-state index in [0.717, 1.165) is 11.0 Å². The van der Waals surface area contributed by atoms with E-state index < -0.39 is 0 Å². The van der Waals surface area contributed by atoms with Gasteiger partial charge in [0.05, 0.1) is 0 Å². The summed E-state index contributed by atoms with van der Waals surface area (Å²) in [5.41, 5.74) is 4.59. The zero-order valence-corrected chi connectivity index (χ0v) is 6.82. The second-order valence-corrected chi connectivity index (χ2v) is 2.72. The van der Waals surface area contributed by atoms with Crippen molar-refractivity contribution in [1.29, 1.82) is 0 Å². The highest BCUT2D eigenvalue weighted by Crippen LogP contribution is 2.03. The highest BCUT2D eigenvalue weighted by atomic mass is 16.2. The number of hydrogen-bond acceptors (Lipinski definition) is 3. The van der Waals surface area contributed by atoms with Crippen LogP contribution in [0.3, 0.4) is 0 Å². The van der Waals surface area contributed by atoms with Crippen LogP contribution in [0.2, 0.25) is 0 Å². The van der Waals surface area contributed by atoms with E-state index in [2.05, 4.69) is 10.3 Å². The van der Waals surface area contributed by atoms with Crippen molar-refractivity contribution >= 4 is 25.0 Å². The number of amides is 1. The summed E-state index contributed by atoms with van der Waals surface area (Å²) >= 11 is 0. The summed E-state index contributed by atoms with van der Waals surface area (Å²) in [6.45, 7) is 0. The number of benzene rings is 1. The van der Waals surface area contributed by atoms with Gasteiger partial charge < -0.3 is 4.90 Å². The average molecular weight is 172 g/mol. The first-order valence-corrected chi connectivity index (χ1v) is 3.82. The van der Waals surface area contributed by atoms with Crippen LogP contribution in [0.5, 0.6) is 0 Å². The molecule has 0 fully saturated rings. The van der Waals surface area contributed by atoms with Gasteiger partial charge in [0.25, 0.3) is 5.91 Å². The largest absolute Gasteiger partial charge is 0.348 e. The van der Waals surface area contributed by atoms with E-state index in [1.54, 1.807) is 25.8 Å². The van der Waals surface area contributed by atoms with Crippen molar-refractivity contribution < 1.29 is 4.79 Å². The average Bonchev–Trinajstić information content (AvgIpc) is 2.63. The minimum atomic E-state index is -0.289. The number of carbonyl (C=O) groups excluding carboxylic acids is 1. The summed E-state index contributed by atoms with van der Waals surface area (Å²) in [5, 5.41) is 0. The van der Waals surface area contributed by atoms with Crippen LogP contribution in [-0.2, 0) is 0 Å². The quantitative estimate of drug-likeness (QED) is 0.246. The Balaban J connectivity index is 2.38. The fourth-order valence-corrected chi connectivity index (χ4v) is 1.23. The number of nitrogens with two attached hydrogens (primary N) is 1. The van der Waals surface area contributed by atoms with Gasteiger partial charge in [0.15, 0.2) is 0 Å². The molecule has 1 radical (unpaired) electrons. The van der Waals surface area contributed by atoms with E-state index in [1.807, 2.05) is 6.07 Å². The van der Waals surface area contributed by atoms with E-state index in [0.29, 0.717) is 5.56 Å². The van der Waals surface area contributed by atoms with Crippen molar-refractivity contribution in [3.63, 3.8) is 0 Å². The molecule has 4 nitrogen and oxygen atoms in total. The summed E-state index contributed by atoms with van der Waals surface area (Å²) in [4.78, 5) is 15.1. The Morgan fingerprint density at radius 3 is 3.15 bits per heavy atom. The number of hydrazine groups is 1. The van der Waals surface area contributed by atoms with Gasteiger partial charge in [-0.05, 0) is 17.1 Å². The monoisotopic (exact) mass is 172 g/mol. The summed E-state index contributed by atoms with van der Waals surface area (Å²) in [6, 6.07) is 5.31. The molecule has 13 heavy (non-hydrogen) atoms. The van der Waals surface area contributed by atoms with Crippen molar-refractivity contribution in [3.05, 3.63) is 29.3 Å². The normalized spacial score (nSPS) is 12.1. The zero-order valence-electron chi connectivity index (χ0n) is 6.82. The SMILES string of the molecule is NNC(=O)c1ccc2c(c1)[B]N=C2. The van der Waals surface area contributed by atoms with E-state index in [9.17, 15) is 4.79 Å². The lowest BCUT2D eigenvalue weighted by Gasteiger charge is -2.01. The first-order valence-electron chi connectivity index (χ1n) is 3.82. The predicted molar refractivity (Wildman–Crippen MR) is 51.1 cm³/mol. The number of carbonyl (C=O) groups is 1. The molecule has 0 saturated carbocycles. The summed E-state index contributed by atoms with van der Waals surface area (Å²) in [5.74, 6) is 4.72. The molecule has 5 heteroatoms. The van der Waals surface area contributed by atoms with Gasteiger partial charge in [-0.25, -0.2) is 5.84 Å². The van der Waals surface area contributed by atoms with Gasteiger partial charge in [-0.15, -0.1) is 0 Å². The molecule has 0 atom stereocenters. The van der Waals surface area contributed by atoms with Crippen molar-refractivity contribution in [2.45, 2.75) is 0 Å². The maximum absolute atomic E-state index is 11.1. The fourth-order valence-electron chi connectivity index (χ4n) is 1.23. The molecule has 0 spiro atoms. The van der Waals surface area contributed by atoms with Crippen LogP contribution in [0.1, 0.15) is 15.9 Å². The molecule has 0 unspecified atom stereocenters. The summed E-state index contributed by atoms with van der Waals surface area (Å²) in [6.07, 6.45) is 1.75. The number of rotatable bonds is 1. The molecule has 1 aliphatic rings. The molecule has 1 aromatic rings. The van der Waals surface area contributed by atoms with Crippen LogP contribution in [0.25, 0.3) is 0 Å². The molecule has 1 amide bonds. The Bertz CT molecular complexity index is 389. The lowest BCUT2D eigenvalue weighted by atomic mass is 9.83. The molecular weight excluding hydrogens is 165 g/mol. The van der Waals surface area contributed by atoms with Crippen LogP contribution in [0.4, 0.5) is 0 Å². The molecule has 0 bridgehead atoms. The highest BCUT2D eigenvalue weighted by Gasteiger charge is 2.11. The van der Waals surface area contributed by atoms with Gasteiger partial charge in [-0.3, -0.25) is 10.2 Å². The Hall–Kier alpha value is -1.62. The van der Waals surface area contributed by atoms with E-state index >= 15 is 0 Å². The fraction of sp³-hybridized carbons (Fsp3) is 0. The Labute approximate surface area is 76.1 Å². The highest BCUT2D eigenvalue weighted by molar-refractivity contribution is 6.57. The number of fused-ring (bicyclic) bond motifs is 1. The van der Waals surface area contributed by atoms with Crippen molar-refractivity contribution in [2.24, 2.45) is 10.7 Å². The molecule has 1 aliphatic heterocycles. The third-order valence-corrected chi connectivity index (χ3v) is 1.91. The maximum Gasteiger partial charge on any atom is 0.312 e. The number of nitrogens with one attached hydrogen (secondary N) is 1. The first kappa shape index (κ1) is 8.00. The van der Waals surface area contributed by atoms with E-state index in [4.69, 9.17) is 5.84 Å². The minimum Gasteiger partial charge on any atom is -0.348 e. The lowest BCUT2D eigenvalue weighted by Crippen LogP contribution is -2.31. The lowest BCUT2D eigenvalue weighted by molar-refractivity contribution is 0.0954. The Morgan fingerprint density at radius 1 is 1.54 bits per heavy atom. The second-order valence-electron chi connectivity index (χ2n) is 2.72. The molecule has 0 aliphatic carbocycles. The number of nitrogens with zero attached hydrogens (tertiary/aromatic N) is 1. The van der Waals surface area contributed by atoms with Gasteiger partial charge in [-0.2, -0.15) is 0 Å². The van der Waals surface area contributed by atoms with Crippen LogP contribution in [0, 0.1) is 0 Å². The Kier molecular flexibility index (Phi) is 1.86. The standard InChI is InChI=1S/C8H7BN3O/c10-12-8(13)5-1-2-6-4-11-9-7(6)3-5/h1-4H,10H2,(H,12,13). The van der Waals surface area contributed by atoms with E-state index in [-0.39, 0.29) is 5.91 Å². The third-order valence-electron chi connectivity index (χ3n) is 1.91. The molecule has 1 heterocycles.